The number of rotatable bonds is 6. The topological polar surface area (TPSA) is 69.7 Å². The zero-order valence-corrected chi connectivity index (χ0v) is 20.2. The summed E-state index contributed by atoms with van der Waals surface area (Å²) in [4.78, 5) is 14.3. The lowest BCUT2D eigenvalue weighted by Crippen LogP contribution is -2.48. The number of amides is 1. The number of benzene rings is 3. The van der Waals surface area contributed by atoms with Gasteiger partial charge in [-0.1, -0.05) is 48.9 Å². The number of nitrogens with zero attached hydrogens (tertiary/aromatic N) is 2. The van der Waals surface area contributed by atoms with Gasteiger partial charge in [0.05, 0.1) is 10.7 Å². The van der Waals surface area contributed by atoms with E-state index in [1.54, 1.807) is 18.2 Å². The van der Waals surface area contributed by atoms with Gasteiger partial charge in [-0.25, -0.2) is 12.8 Å². The number of nitrogens with one attached hydrogen (secondary N) is 1. The third kappa shape index (κ3) is 4.94. The van der Waals surface area contributed by atoms with Crippen molar-refractivity contribution in [2.24, 2.45) is 0 Å². The van der Waals surface area contributed by atoms with Crippen molar-refractivity contribution in [3.05, 3.63) is 88.7 Å². The van der Waals surface area contributed by atoms with E-state index in [-0.39, 0.29) is 18.7 Å². The fraction of sp³-hybridized carbons (Fsp3) is 0.240. The molecule has 1 heterocycles. The maximum atomic E-state index is 14.7. The molecule has 1 aliphatic rings. The smallest absolute Gasteiger partial charge is 0.255 e. The number of hydrogen-bond acceptors (Lipinski definition) is 4. The Morgan fingerprint density at radius 2 is 1.68 bits per heavy atom. The summed E-state index contributed by atoms with van der Waals surface area (Å²) in [5, 5.41) is 3.39. The molecule has 0 unspecified atom stereocenters. The molecule has 0 atom stereocenters. The lowest BCUT2D eigenvalue weighted by Gasteiger charge is -2.35. The highest BCUT2D eigenvalue weighted by Crippen LogP contribution is 2.28. The number of hydrogen-bond donors (Lipinski definition) is 1. The average molecular weight is 502 g/mol. The normalized spacial score (nSPS) is 14.7. The van der Waals surface area contributed by atoms with Crippen molar-refractivity contribution < 1.29 is 17.6 Å². The minimum absolute atomic E-state index is 0.0700. The highest BCUT2D eigenvalue weighted by Gasteiger charge is 2.32. The second kappa shape index (κ2) is 10.1. The van der Waals surface area contributed by atoms with Gasteiger partial charge in [0, 0.05) is 37.4 Å². The predicted molar refractivity (Wildman–Crippen MR) is 133 cm³/mol. The zero-order valence-electron chi connectivity index (χ0n) is 18.7. The van der Waals surface area contributed by atoms with E-state index in [0.29, 0.717) is 23.8 Å². The maximum absolute atomic E-state index is 14.7. The van der Waals surface area contributed by atoms with Crippen LogP contribution in [0.15, 0.2) is 71.6 Å². The fourth-order valence-electron chi connectivity index (χ4n) is 4.00. The first kappa shape index (κ1) is 24.2. The number of halogens is 2. The number of carbonyl (C=O) groups is 1. The standard InChI is InChI=1S/C25H25ClFN3O3S/c1-2-18-7-3-5-9-22(18)28-25(31)19-11-12-21(27)24(17-19)34(32,33)30-15-13-29(14-16-30)23-10-6-4-8-20(23)26/h3-12,17H,2,13-16H2,1H3,(H,28,31). The minimum atomic E-state index is -4.13. The monoisotopic (exact) mass is 501 g/mol. The highest BCUT2D eigenvalue weighted by atomic mass is 35.5. The molecule has 1 aliphatic heterocycles. The summed E-state index contributed by atoms with van der Waals surface area (Å²) in [7, 11) is -4.13. The molecule has 4 rings (SSSR count). The van der Waals surface area contributed by atoms with Gasteiger partial charge in [0.1, 0.15) is 10.7 Å². The van der Waals surface area contributed by atoms with Gasteiger partial charge in [-0.15, -0.1) is 0 Å². The van der Waals surface area contributed by atoms with Crippen molar-refractivity contribution in [2.75, 3.05) is 36.4 Å². The molecule has 0 saturated carbocycles. The minimum Gasteiger partial charge on any atom is -0.368 e. The van der Waals surface area contributed by atoms with E-state index in [4.69, 9.17) is 11.6 Å². The summed E-state index contributed by atoms with van der Waals surface area (Å²) in [6.45, 7) is 3.15. The van der Waals surface area contributed by atoms with Gasteiger partial charge in [-0.2, -0.15) is 4.31 Å². The van der Waals surface area contributed by atoms with Crippen LogP contribution < -0.4 is 10.2 Å². The van der Waals surface area contributed by atoms with Gasteiger partial charge in [0.2, 0.25) is 10.0 Å². The van der Waals surface area contributed by atoms with E-state index >= 15 is 0 Å². The SMILES string of the molecule is CCc1ccccc1NC(=O)c1ccc(F)c(S(=O)(=O)N2CCN(c3ccccc3Cl)CC2)c1. The first-order chi connectivity index (χ1) is 16.3. The van der Waals surface area contributed by atoms with Gasteiger partial charge < -0.3 is 10.2 Å². The third-order valence-electron chi connectivity index (χ3n) is 5.89. The van der Waals surface area contributed by atoms with Crippen LogP contribution in [0.3, 0.4) is 0 Å². The number of anilines is 2. The Morgan fingerprint density at radius 3 is 2.38 bits per heavy atom. The molecule has 3 aromatic rings. The zero-order chi connectivity index (χ0) is 24.3. The molecule has 0 aliphatic carbocycles. The van der Waals surface area contributed by atoms with Gasteiger partial charge >= 0.3 is 0 Å². The summed E-state index contributed by atoms with van der Waals surface area (Å²) in [6.07, 6.45) is 0.722. The molecule has 34 heavy (non-hydrogen) atoms. The van der Waals surface area contributed by atoms with Gasteiger partial charge in [-0.05, 0) is 48.4 Å². The van der Waals surface area contributed by atoms with E-state index < -0.39 is 26.6 Å². The molecule has 1 fully saturated rings. The number of aryl methyl sites for hydroxylation is 1. The molecule has 1 amide bonds. The van der Waals surface area contributed by atoms with Crippen molar-refractivity contribution in [1.29, 1.82) is 0 Å². The van der Waals surface area contributed by atoms with Crippen LogP contribution in [0.4, 0.5) is 15.8 Å². The number of sulfonamides is 1. The fourth-order valence-corrected chi connectivity index (χ4v) is 5.77. The summed E-state index contributed by atoms with van der Waals surface area (Å²) in [6, 6.07) is 18.1. The lowest BCUT2D eigenvalue weighted by atomic mass is 10.1. The molecule has 0 bridgehead atoms. The van der Waals surface area contributed by atoms with Crippen LogP contribution in [-0.4, -0.2) is 44.8 Å². The molecule has 1 saturated heterocycles. The van der Waals surface area contributed by atoms with Gasteiger partial charge in [0.15, 0.2) is 0 Å². The number of piperazine rings is 1. The largest absolute Gasteiger partial charge is 0.368 e. The predicted octanol–water partition coefficient (Wildman–Crippen LogP) is 4.80. The first-order valence-electron chi connectivity index (χ1n) is 11.0. The van der Waals surface area contributed by atoms with Crippen molar-refractivity contribution >= 4 is 38.9 Å². The van der Waals surface area contributed by atoms with Crippen LogP contribution >= 0.6 is 11.6 Å². The van der Waals surface area contributed by atoms with Crippen molar-refractivity contribution in [1.82, 2.24) is 4.31 Å². The number of para-hydroxylation sites is 2. The van der Waals surface area contributed by atoms with Gasteiger partial charge in [0.25, 0.3) is 5.91 Å². The molecular weight excluding hydrogens is 477 g/mol. The van der Waals surface area contributed by atoms with Crippen molar-refractivity contribution in [2.45, 2.75) is 18.2 Å². The molecule has 1 N–H and O–H groups in total. The van der Waals surface area contributed by atoms with E-state index in [9.17, 15) is 17.6 Å². The van der Waals surface area contributed by atoms with Crippen LogP contribution in [0.1, 0.15) is 22.8 Å². The van der Waals surface area contributed by atoms with Crippen LogP contribution in [-0.2, 0) is 16.4 Å². The van der Waals surface area contributed by atoms with Crippen molar-refractivity contribution in [3.8, 4) is 0 Å². The van der Waals surface area contributed by atoms with Crippen molar-refractivity contribution in [3.63, 3.8) is 0 Å². The Bertz CT molecular complexity index is 1310. The molecular formula is C25H25ClFN3O3S. The average Bonchev–Trinajstić information content (AvgIpc) is 2.85. The van der Waals surface area contributed by atoms with Crippen LogP contribution in [0.25, 0.3) is 0 Å². The Balaban J connectivity index is 1.53. The summed E-state index contributed by atoms with van der Waals surface area (Å²) in [5.74, 6) is -1.39. The highest BCUT2D eigenvalue weighted by molar-refractivity contribution is 7.89. The van der Waals surface area contributed by atoms with Crippen LogP contribution in [0.2, 0.25) is 5.02 Å². The molecule has 3 aromatic carbocycles. The Labute approximate surface area is 204 Å². The summed E-state index contributed by atoms with van der Waals surface area (Å²) in [5.41, 5.74) is 2.49. The summed E-state index contributed by atoms with van der Waals surface area (Å²) >= 11 is 6.26. The molecule has 178 valence electrons. The van der Waals surface area contributed by atoms with E-state index in [1.807, 2.05) is 42.2 Å². The van der Waals surface area contributed by atoms with E-state index in [2.05, 4.69) is 5.32 Å². The molecule has 9 heteroatoms. The summed E-state index contributed by atoms with van der Waals surface area (Å²) < 4.78 is 42.4. The second-order valence-electron chi connectivity index (χ2n) is 7.95. The van der Waals surface area contributed by atoms with Crippen LogP contribution in [0.5, 0.6) is 0 Å². The molecule has 0 radical (unpaired) electrons. The molecule has 6 nitrogen and oxygen atoms in total. The maximum Gasteiger partial charge on any atom is 0.255 e. The second-order valence-corrected chi connectivity index (χ2v) is 10.3. The van der Waals surface area contributed by atoms with Crippen LogP contribution in [0, 0.1) is 5.82 Å². The van der Waals surface area contributed by atoms with E-state index in [0.717, 1.165) is 29.8 Å². The Kier molecular flexibility index (Phi) is 7.21. The third-order valence-corrected chi connectivity index (χ3v) is 8.12. The van der Waals surface area contributed by atoms with E-state index in [1.165, 1.54) is 10.4 Å². The first-order valence-corrected chi connectivity index (χ1v) is 12.8. The molecule has 0 aromatic heterocycles. The molecule has 0 spiro atoms. The van der Waals surface area contributed by atoms with Gasteiger partial charge in [-0.3, -0.25) is 4.79 Å². The quantitative estimate of drug-likeness (QED) is 0.526. The Hall–Kier alpha value is -2.94. The number of carbonyl (C=O) groups excluding carboxylic acids is 1. The lowest BCUT2D eigenvalue weighted by molar-refractivity contribution is 0.102. The Morgan fingerprint density at radius 1 is 1.00 bits per heavy atom.